The van der Waals surface area contributed by atoms with E-state index in [-0.39, 0.29) is 0 Å². The molecule has 0 aliphatic rings. The molecule has 1 aromatic carbocycles. The number of rotatable bonds is 3. The van der Waals surface area contributed by atoms with Gasteiger partial charge >= 0.3 is 11.9 Å². The van der Waals surface area contributed by atoms with Crippen molar-refractivity contribution < 1.29 is 19.4 Å². The minimum atomic E-state index is -0.890. The van der Waals surface area contributed by atoms with Gasteiger partial charge in [0.1, 0.15) is 6.04 Å². The Balaban J connectivity index is 2.04. The molecule has 2 aromatic rings. The smallest absolute Gasteiger partial charge is 0.361 e. The van der Waals surface area contributed by atoms with Crippen LogP contribution in [-0.4, -0.2) is 23.0 Å². The maximum absolute atomic E-state index is 11.5. The molecule has 3 N–H and O–H groups in total. The van der Waals surface area contributed by atoms with Crippen molar-refractivity contribution >= 4 is 22.8 Å². The number of H-pyrrole nitrogens is 1. The maximum Gasteiger partial charge on any atom is 0.372 e. The van der Waals surface area contributed by atoms with Gasteiger partial charge in [-0.2, -0.15) is 0 Å². The summed E-state index contributed by atoms with van der Waals surface area (Å²) in [5.74, 6) is -1.48. The summed E-state index contributed by atoms with van der Waals surface area (Å²) in [6.45, 7) is 1.14. The second-order valence-electron chi connectivity index (χ2n) is 4.15. The number of benzene rings is 1. The number of fused-ring (bicyclic) bond motifs is 1. The van der Waals surface area contributed by atoms with E-state index in [0.717, 1.165) is 23.4 Å². The van der Waals surface area contributed by atoms with E-state index < -0.39 is 18.0 Å². The Hall–Kier alpha value is -2.34. The molecule has 19 heavy (non-hydrogen) atoms. The molecule has 0 saturated heterocycles. The molecule has 0 bridgehead atoms. The fourth-order valence-corrected chi connectivity index (χ4v) is 1.78. The van der Waals surface area contributed by atoms with Crippen LogP contribution in [0.4, 0.5) is 0 Å². The molecule has 0 amide bonds. The number of carbonyl (C=O) groups is 2. The van der Waals surface area contributed by atoms with Crippen molar-refractivity contribution in [2.24, 2.45) is 5.73 Å². The second-order valence-corrected chi connectivity index (χ2v) is 4.15. The molecule has 100 valence electrons. The molecule has 1 heterocycles. The second kappa shape index (κ2) is 5.53. The van der Waals surface area contributed by atoms with Crippen LogP contribution in [0.15, 0.2) is 30.5 Å². The number of carbonyl (C=O) groups excluding carboxylic acids is 2. The largest absolute Gasteiger partial charge is 0.372 e. The van der Waals surface area contributed by atoms with Gasteiger partial charge in [-0.25, -0.2) is 19.4 Å². The molecule has 6 nitrogen and oxygen atoms in total. The minimum Gasteiger partial charge on any atom is -0.361 e. The molecular formula is C13H14N2O4. The molecule has 0 aliphatic heterocycles. The van der Waals surface area contributed by atoms with E-state index in [1.54, 1.807) is 6.20 Å². The Kier molecular flexibility index (Phi) is 3.82. The Morgan fingerprint density at radius 1 is 1.32 bits per heavy atom. The molecule has 1 aromatic heterocycles. The molecular weight excluding hydrogens is 248 g/mol. The topological polar surface area (TPSA) is 94.4 Å². The van der Waals surface area contributed by atoms with Crippen molar-refractivity contribution in [3.63, 3.8) is 0 Å². The molecule has 1 unspecified atom stereocenters. The van der Waals surface area contributed by atoms with Crippen LogP contribution in [0.2, 0.25) is 0 Å². The van der Waals surface area contributed by atoms with Crippen LogP contribution in [0, 0.1) is 0 Å². The average molecular weight is 262 g/mol. The summed E-state index contributed by atoms with van der Waals surface area (Å²) in [5.41, 5.74) is 7.58. The first-order chi connectivity index (χ1) is 9.08. The maximum atomic E-state index is 11.5. The molecule has 6 heteroatoms. The van der Waals surface area contributed by atoms with E-state index in [2.05, 4.69) is 14.8 Å². The van der Waals surface area contributed by atoms with Crippen LogP contribution in [0.5, 0.6) is 0 Å². The first-order valence-electron chi connectivity index (χ1n) is 5.77. The molecule has 2 rings (SSSR count). The van der Waals surface area contributed by atoms with Crippen LogP contribution in [0.25, 0.3) is 10.9 Å². The van der Waals surface area contributed by atoms with Crippen molar-refractivity contribution in [1.82, 2.24) is 4.98 Å². The lowest BCUT2D eigenvalue weighted by Crippen LogP contribution is -2.34. The van der Waals surface area contributed by atoms with E-state index in [4.69, 9.17) is 5.73 Å². The number of hydrogen-bond acceptors (Lipinski definition) is 5. The predicted molar refractivity (Wildman–Crippen MR) is 67.8 cm³/mol. The Bertz CT molecular complexity index is 605. The van der Waals surface area contributed by atoms with Gasteiger partial charge in [-0.3, -0.25) is 0 Å². The molecule has 1 atom stereocenters. The average Bonchev–Trinajstić information content (AvgIpc) is 2.79. The van der Waals surface area contributed by atoms with Crippen molar-refractivity contribution in [3.05, 3.63) is 36.0 Å². The first-order valence-corrected chi connectivity index (χ1v) is 5.77. The Labute approximate surface area is 109 Å². The number of nitrogens with one attached hydrogen (secondary N) is 1. The summed E-state index contributed by atoms with van der Waals surface area (Å²) in [4.78, 5) is 33.5. The lowest BCUT2D eigenvalue weighted by atomic mass is 10.1. The molecule has 0 saturated carbocycles. The van der Waals surface area contributed by atoms with Gasteiger partial charge in [-0.05, 0) is 11.6 Å². The fraction of sp³-hybridized carbons (Fsp3) is 0.231. The van der Waals surface area contributed by atoms with Gasteiger partial charge in [-0.1, -0.05) is 18.2 Å². The summed E-state index contributed by atoms with van der Waals surface area (Å²) in [7, 11) is 0. The van der Waals surface area contributed by atoms with Crippen LogP contribution in [0.3, 0.4) is 0 Å². The molecule has 0 aliphatic carbocycles. The first kappa shape index (κ1) is 13.1. The van der Waals surface area contributed by atoms with Crippen LogP contribution >= 0.6 is 0 Å². The number of aromatic nitrogens is 1. The number of nitrogens with two attached hydrogens (primary N) is 1. The van der Waals surface area contributed by atoms with Gasteiger partial charge in [0.05, 0.1) is 0 Å². The van der Waals surface area contributed by atoms with Crippen molar-refractivity contribution in [2.45, 2.75) is 19.4 Å². The van der Waals surface area contributed by atoms with Gasteiger partial charge < -0.3 is 10.7 Å². The Morgan fingerprint density at radius 2 is 2.05 bits per heavy atom. The zero-order chi connectivity index (χ0) is 13.8. The molecule has 0 spiro atoms. The highest BCUT2D eigenvalue weighted by molar-refractivity contribution is 5.84. The highest BCUT2D eigenvalue weighted by Crippen LogP contribution is 2.18. The third kappa shape index (κ3) is 3.11. The van der Waals surface area contributed by atoms with Gasteiger partial charge in [-0.15, -0.1) is 0 Å². The Morgan fingerprint density at radius 3 is 2.79 bits per heavy atom. The number of para-hydroxylation sites is 1. The van der Waals surface area contributed by atoms with E-state index in [0.29, 0.717) is 6.42 Å². The summed E-state index contributed by atoms with van der Waals surface area (Å²) >= 11 is 0. The van der Waals surface area contributed by atoms with Crippen LogP contribution in [0.1, 0.15) is 12.5 Å². The zero-order valence-corrected chi connectivity index (χ0v) is 10.4. The highest BCUT2D eigenvalue weighted by atomic mass is 17.2. The summed E-state index contributed by atoms with van der Waals surface area (Å²) in [6.07, 6.45) is 2.09. The van der Waals surface area contributed by atoms with E-state index in [1.165, 1.54) is 0 Å². The lowest BCUT2D eigenvalue weighted by molar-refractivity contribution is -0.258. The molecule has 0 fully saturated rings. The quantitative estimate of drug-likeness (QED) is 0.637. The van der Waals surface area contributed by atoms with Gasteiger partial charge in [0.2, 0.25) is 0 Å². The van der Waals surface area contributed by atoms with Gasteiger partial charge in [0.25, 0.3) is 0 Å². The number of hydrogen-bond donors (Lipinski definition) is 2. The minimum absolute atomic E-state index is 0.296. The highest BCUT2D eigenvalue weighted by Gasteiger charge is 2.19. The third-order valence-corrected chi connectivity index (χ3v) is 2.66. The monoisotopic (exact) mass is 262 g/mol. The van der Waals surface area contributed by atoms with E-state index in [9.17, 15) is 9.59 Å². The van der Waals surface area contributed by atoms with Gasteiger partial charge in [0, 0.05) is 30.4 Å². The van der Waals surface area contributed by atoms with Gasteiger partial charge in [0.15, 0.2) is 0 Å². The third-order valence-electron chi connectivity index (χ3n) is 2.66. The number of aromatic amines is 1. The van der Waals surface area contributed by atoms with Crippen molar-refractivity contribution in [3.8, 4) is 0 Å². The fourth-order valence-electron chi connectivity index (χ4n) is 1.78. The zero-order valence-electron chi connectivity index (χ0n) is 10.4. The van der Waals surface area contributed by atoms with Crippen LogP contribution < -0.4 is 5.73 Å². The van der Waals surface area contributed by atoms with Crippen LogP contribution in [-0.2, 0) is 25.8 Å². The van der Waals surface area contributed by atoms with Crippen molar-refractivity contribution in [1.29, 1.82) is 0 Å². The standard InChI is InChI=1S/C13H14N2O4/c1-8(16)18-19-13(17)11(14)6-9-7-15-12-5-3-2-4-10(9)12/h2-5,7,11,15H,6,14H2,1H3. The van der Waals surface area contributed by atoms with E-state index >= 15 is 0 Å². The van der Waals surface area contributed by atoms with Crippen molar-refractivity contribution in [2.75, 3.05) is 0 Å². The lowest BCUT2D eigenvalue weighted by Gasteiger charge is -2.08. The summed E-state index contributed by atoms with van der Waals surface area (Å²) < 4.78 is 0. The normalized spacial score (nSPS) is 12.1. The molecule has 0 radical (unpaired) electrons. The van der Waals surface area contributed by atoms with E-state index in [1.807, 2.05) is 24.3 Å². The predicted octanol–water partition coefficient (Wildman–Crippen LogP) is 1.06. The summed E-state index contributed by atoms with van der Waals surface area (Å²) in [5, 5.41) is 0.998. The SMILES string of the molecule is CC(=O)OOC(=O)C(N)Cc1c[nH]c2ccccc12. The summed E-state index contributed by atoms with van der Waals surface area (Å²) in [6, 6.07) is 6.80.